The first-order chi connectivity index (χ1) is 16.7. The van der Waals surface area contributed by atoms with Crippen LogP contribution in [0.15, 0.2) is 57.7 Å². The summed E-state index contributed by atoms with van der Waals surface area (Å²) >= 11 is 0. The van der Waals surface area contributed by atoms with Gasteiger partial charge in [-0.2, -0.15) is 0 Å². The molecule has 0 saturated heterocycles. The Morgan fingerprint density at radius 2 is 1.56 bits per heavy atom. The number of anilines is 1. The van der Waals surface area contributed by atoms with Crippen LogP contribution in [-0.4, -0.2) is 11.4 Å². The van der Waals surface area contributed by atoms with Crippen molar-refractivity contribution in [2.75, 3.05) is 5.32 Å². The van der Waals surface area contributed by atoms with E-state index in [0.717, 1.165) is 54.0 Å². The largest absolute Gasteiger partial charge is 0.371 e. The number of amidine groups is 1. The van der Waals surface area contributed by atoms with Crippen LogP contribution in [0.4, 0.5) is 11.4 Å². The van der Waals surface area contributed by atoms with E-state index in [1.165, 1.54) is 24.8 Å². The van der Waals surface area contributed by atoms with Gasteiger partial charge in [-0.05, 0) is 52.7 Å². The van der Waals surface area contributed by atoms with Gasteiger partial charge in [0, 0.05) is 16.4 Å². The molecular weight excluding hydrogens is 428 g/mol. The fraction of sp³-hybridized carbons (Fsp3) is 0.458. The number of hydrazine groups is 1. The van der Waals surface area contributed by atoms with Gasteiger partial charge in [0.05, 0.1) is 30.0 Å². The summed E-state index contributed by atoms with van der Waals surface area (Å²) in [6.07, 6.45) is 7.93. The van der Waals surface area contributed by atoms with Crippen molar-refractivity contribution < 1.29 is 0 Å². The zero-order chi connectivity index (χ0) is 23.6. The molecule has 0 radical (unpaired) electrons. The Hall–Kier alpha value is -3.71. The second-order valence-corrected chi connectivity index (χ2v) is 8.82. The normalized spacial score (nSPS) is 16.5. The number of hydrogen-bond acceptors (Lipinski definition) is 6. The van der Waals surface area contributed by atoms with Crippen molar-refractivity contribution in [1.82, 2.24) is 10.9 Å². The van der Waals surface area contributed by atoms with Crippen LogP contribution in [0.25, 0.3) is 20.9 Å². The van der Waals surface area contributed by atoms with Crippen molar-refractivity contribution in [2.45, 2.75) is 70.1 Å². The van der Waals surface area contributed by atoms with E-state index in [1.807, 2.05) is 30.3 Å². The van der Waals surface area contributed by atoms with E-state index in [2.05, 4.69) is 48.4 Å². The van der Waals surface area contributed by atoms with Crippen LogP contribution in [0.1, 0.15) is 61.6 Å². The molecule has 1 spiro atoms. The van der Waals surface area contributed by atoms with Crippen molar-refractivity contribution in [3.8, 4) is 0 Å². The summed E-state index contributed by atoms with van der Waals surface area (Å²) in [5.74, 6) is 0.885. The number of fused-ring (bicyclic) bond motifs is 1. The molecule has 2 aromatic rings. The van der Waals surface area contributed by atoms with Crippen LogP contribution in [-0.2, 0) is 19.6 Å². The fourth-order valence-electron chi connectivity index (χ4n) is 4.77. The topological polar surface area (TPSA) is 146 Å². The van der Waals surface area contributed by atoms with Crippen molar-refractivity contribution in [3.63, 3.8) is 0 Å². The van der Waals surface area contributed by atoms with Gasteiger partial charge in [0.2, 0.25) is 0 Å². The maximum Gasteiger partial charge on any atom is 0.142 e. The highest BCUT2D eigenvalue weighted by Crippen LogP contribution is 2.41. The summed E-state index contributed by atoms with van der Waals surface area (Å²) in [6, 6.07) is 14.2. The van der Waals surface area contributed by atoms with E-state index in [4.69, 9.17) is 16.1 Å². The zero-order valence-corrected chi connectivity index (χ0v) is 19.2. The van der Waals surface area contributed by atoms with Crippen LogP contribution in [0, 0.1) is 0 Å². The summed E-state index contributed by atoms with van der Waals surface area (Å²) in [7, 11) is 0. The lowest BCUT2D eigenvalue weighted by Crippen LogP contribution is -2.57. The molecule has 2 aliphatic rings. The Bertz CT molecular complexity index is 1110. The molecule has 0 amide bonds. The van der Waals surface area contributed by atoms with E-state index >= 15 is 0 Å². The van der Waals surface area contributed by atoms with Gasteiger partial charge in [0.15, 0.2) is 0 Å². The predicted octanol–water partition coefficient (Wildman–Crippen LogP) is 6.54. The number of benzene rings is 2. The first-order valence-corrected chi connectivity index (χ1v) is 11.8. The Balaban J connectivity index is 1.67. The van der Waals surface area contributed by atoms with Gasteiger partial charge in [0.1, 0.15) is 5.84 Å². The minimum atomic E-state index is -0.292. The zero-order valence-electron chi connectivity index (χ0n) is 19.2. The molecular formula is C24H30N10. The minimum absolute atomic E-state index is 0.176. The van der Waals surface area contributed by atoms with Crippen LogP contribution < -0.4 is 16.2 Å². The van der Waals surface area contributed by atoms with E-state index in [1.54, 1.807) is 0 Å². The van der Waals surface area contributed by atoms with Crippen molar-refractivity contribution in [1.29, 1.82) is 0 Å². The maximum atomic E-state index is 8.81. The third-order valence-corrected chi connectivity index (χ3v) is 6.54. The lowest BCUT2D eigenvalue weighted by Gasteiger charge is -2.41. The molecule has 2 aromatic carbocycles. The van der Waals surface area contributed by atoms with Gasteiger partial charge in [-0.1, -0.05) is 72.7 Å². The van der Waals surface area contributed by atoms with Crippen LogP contribution in [0.2, 0.25) is 0 Å². The Kier molecular flexibility index (Phi) is 7.88. The van der Waals surface area contributed by atoms with Crippen molar-refractivity contribution in [3.05, 3.63) is 80.0 Å². The highest BCUT2D eigenvalue weighted by molar-refractivity contribution is 6.00. The highest BCUT2D eigenvalue weighted by Gasteiger charge is 2.39. The third kappa shape index (κ3) is 5.61. The van der Waals surface area contributed by atoms with Crippen LogP contribution in [0.5, 0.6) is 0 Å². The Morgan fingerprint density at radius 3 is 2.24 bits per heavy atom. The maximum absolute atomic E-state index is 8.81. The average Bonchev–Trinajstić information content (AvgIpc) is 2.84. The van der Waals surface area contributed by atoms with Crippen LogP contribution in [0.3, 0.4) is 0 Å². The van der Waals surface area contributed by atoms with Crippen molar-refractivity contribution >= 4 is 17.2 Å². The molecule has 4 rings (SSSR count). The number of nitrogens with one attached hydrogen (secondary N) is 3. The van der Waals surface area contributed by atoms with E-state index in [-0.39, 0.29) is 18.6 Å². The molecule has 1 aliphatic carbocycles. The Morgan fingerprint density at radius 1 is 0.912 bits per heavy atom. The lowest BCUT2D eigenvalue weighted by atomic mass is 9.81. The summed E-state index contributed by atoms with van der Waals surface area (Å²) in [5, 5.41) is 11.3. The average molecular weight is 459 g/mol. The molecule has 0 bridgehead atoms. The molecule has 10 nitrogen and oxygen atoms in total. The van der Waals surface area contributed by atoms with Gasteiger partial charge in [-0.25, -0.2) is 10.4 Å². The fourth-order valence-corrected chi connectivity index (χ4v) is 4.77. The summed E-state index contributed by atoms with van der Waals surface area (Å²) in [5.41, 5.74) is 28.6. The molecule has 1 heterocycles. The summed E-state index contributed by atoms with van der Waals surface area (Å²) < 4.78 is 0. The molecule has 0 unspecified atom stereocenters. The number of rotatable bonds is 7. The SMILES string of the molecule is [N-]=[N+]=NCc1cc2c(cc1CN=[N+]=[N-])NC1(CCCCCCC1)C(NNCc1ccccc1)=N2. The summed E-state index contributed by atoms with van der Waals surface area (Å²) in [6.45, 7) is 1.05. The van der Waals surface area contributed by atoms with Gasteiger partial charge in [-0.3, -0.25) is 0 Å². The predicted molar refractivity (Wildman–Crippen MR) is 134 cm³/mol. The quantitative estimate of drug-likeness (QED) is 0.187. The molecule has 1 fully saturated rings. The lowest BCUT2D eigenvalue weighted by molar-refractivity contribution is 0.408. The third-order valence-electron chi connectivity index (χ3n) is 6.54. The number of azide groups is 2. The number of hydrogen-bond donors (Lipinski definition) is 3. The van der Waals surface area contributed by atoms with E-state index < -0.39 is 0 Å². The monoisotopic (exact) mass is 458 g/mol. The first-order valence-electron chi connectivity index (χ1n) is 11.8. The van der Waals surface area contributed by atoms with Gasteiger partial charge in [-0.15, -0.1) is 0 Å². The van der Waals surface area contributed by atoms with Crippen molar-refractivity contribution in [2.24, 2.45) is 15.2 Å². The Labute approximate surface area is 199 Å². The van der Waals surface area contributed by atoms with E-state index in [9.17, 15) is 0 Å². The molecule has 0 atom stereocenters. The second-order valence-electron chi connectivity index (χ2n) is 8.82. The smallest absolute Gasteiger partial charge is 0.142 e. The molecule has 0 aromatic heterocycles. The number of aliphatic imine (C=N–C) groups is 1. The first kappa shape index (κ1) is 23.4. The standard InChI is InChI=1S/C24H30N10/c25-33-28-16-19-13-21-22(14-20(19)17-29-34-26)31-24(11-7-2-1-3-8-12-24)23(30-21)32-27-15-18-9-5-4-6-10-18/h4-6,9-10,13-14,27,31H,1-3,7-8,11-12,15-17H2,(H,30,32). The molecule has 3 N–H and O–H groups in total. The second kappa shape index (κ2) is 11.4. The van der Waals surface area contributed by atoms with Gasteiger partial charge in [0.25, 0.3) is 0 Å². The number of nitrogens with zero attached hydrogens (tertiary/aromatic N) is 7. The molecule has 10 heteroatoms. The highest BCUT2D eigenvalue weighted by atomic mass is 15.4. The van der Waals surface area contributed by atoms with E-state index in [0.29, 0.717) is 6.54 Å². The molecule has 34 heavy (non-hydrogen) atoms. The molecule has 1 aliphatic heterocycles. The molecule has 1 saturated carbocycles. The van der Waals surface area contributed by atoms with Gasteiger partial charge >= 0.3 is 0 Å². The minimum Gasteiger partial charge on any atom is -0.371 e. The summed E-state index contributed by atoms with van der Waals surface area (Å²) in [4.78, 5) is 10.8. The van der Waals surface area contributed by atoms with Crippen LogP contribution >= 0.6 is 0 Å². The van der Waals surface area contributed by atoms with Gasteiger partial charge < -0.3 is 10.7 Å². The molecule has 176 valence electrons.